The van der Waals surface area contributed by atoms with Crippen LogP contribution in [0.2, 0.25) is 0 Å². The normalized spacial score (nSPS) is 12.9. The molecule has 1 aromatic carbocycles. The van der Waals surface area contributed by atoms with Gasteiger partial charge in [0.15, 0.2) is 0 Å². The Morgan fingerprint density at radius 3 is 2.43 bits per heavy atom. The summed E-state index contributed by atoms with van der Waals surface area (Å²) in [6.07, 6.45) is -4.64. The van der Waals surface area contributed by atoms with Crippen LogP contribution in [-0.2, 0) is 16.6 Å². The molecule has 0 atom stereocenters. The van der Waals surface area contributed by atoms with Gasteiger partial charge in [0.1, 0.15) is 12.4 Å². The Kier molecular flexibility index (Phi) is 5.71. The van der Waals surface area contributed by atoms with Gasteiger partial charge in [-0.3, -0.25) is 0 Å². The molecule has 0 unspecified atom stereocenters. The molecule has 0 spiro atoms. The molecule has 0 saturated carbocycles. The summed E-state index contributed by atoms with van der Waals surface area (Å²) in [5.74, 6) is -0.617. The molecule has 9 heteroatoms. The fraction of sp³-hybridized carbons (Fsp3) is 0.500. The SMILES string of the molecule is CCNCc1cc(S(=O)(=O)N(C)CC(F)(F)F)ccc1F. The van der Waals surface area contributed by atoms with Gasteiger partial charge in [-0.2, -0.15) is 17.5 Å². The molecule has 0 saturated heterocycles. The Balaban J connectivity index is 3.08. The van der Waals surface area contributed by atoms with Crippen LogP contribution in [0.25, 0.3) is 0 Å². The van der Waals surface area contributed by atoms with Crippen LogP contribution in [0, 0.1) is 5.82 Å². The summed E-state index contributed by atoms with van der Waals surface area (Å²) in [6.45, 7) is 0.823. The summed E-state index contributed by atoms with van der Waals surface area (Å²) in [4.78, 5) is -0.372. The van der Waals surface area contributed by atoms with Crippen molar-refractivity contribution in [2.75, 3.05) is 20.1 Å². The third-order valence-electron chi connectivity index (χ3n) is 2.69. The van der Waals surface area contributed by atoms with Crippen molar-refractivity contribution in [2.24, 2.45) is 0 Å². The predicted molar refractivity (Wildman–Crippen MR) is 69.7 cm³/mol. The Hall–Kier alpha value is -1.19. The van der Waals surface area contributed by atoms with Crippen molar-refractivity contribution in [1.82, 2.24) is 9.62 Å². The molecule has 0 fully saturated rings. The Bertz CT molecular complexity index is 587. The summed E-state index contributed by atoms with van der Waals surface area (Å²) < 4.78 is 74.6. The monoisotopic (exact) mass is 328 g/mol. The topological polar surface area (TPSA) is 49.4 Å². The van der Waals surface area contributed by atoms with E-state index in [4.69, 9.17) is 0 Å². The molecule has 4 nitrogen and oxygen atoms in total. The summed E-state index contributed by atoms with van der Waals surface area (Å²) >= 11 is 0. The minimum atomic E-state index is -4.64. The zero-order valence-corrected chi connectivity index (χ0v) is 12.4. The van der Waals surface area contributed by atoms with Crippen LogP contribution in [-0.4, -0.2) is 39.0 Å². The molecule has 1 rings (SSSR count). The molecule has 0 amide bonds. The lowest BCUT2D eigenvalue weighted by molar-refractivity contribution is -0.134. The average molecular weight is 328 g/mol. The Morgan fingerprint density at radius 1 is 1.29 bits per heavy atom. The van der Waals surface area contributed by atoms with E-state index in [1.54, 1.807) is 6.92 Å². The van der Waals surface area contributed by atoms with Gasteiger partial charge in [0.2, 0.25) is 10.0 Å². The van der Waals surface area contributed by atoms with Crippen LogP contribution >= 0.6 is 0 Å². The lowest BCUT2D eigenvalue weighted by Crippen LogP contribution is -2.35. The van der Waals surface area contributed by atoms with E-state index in [2.05, 4.69) is 5.32 Å². The number of nitrogens with one attached hydrogen (secondary N) is 1. The van der Waals surface area contributed by atoms with Gasteiger partial charge in [0, 0.05) is 19.2 Å². The summed E-state index contributed by atoms with van der Waals surface area (Å²) in [5.41, 5.74) is 0.0818. The number of rotatable bonds is 6. The molecule has 0 heterocycles. The second-order valence-electron chi connectivity index (χ2n) is 4.41. The lowest BCUT2D eigenvalue weighted by atomic mass is 10.2. The van der Waals surface area contributed by atoms with Crippen molar-refractivity contribution in [2.45, 2.75) is 24.5 Å². The van der Waals surface area contributed by atoms with E-state index in [-0.39, 0.29) is 21.3 Å². The van der Waals surface area contributed by atoms with Gasteiger partial charge in [0.05, 0.1) is 4.90 Å². The van der Waals surface area contributed by atoms with Crippen LogP contribution < -0.4 is 5.32 Å². The molecule has 0 radical (unpaired) electrons. The van der Waals surface area contributed by atoms with Gasteiger partial charge in [-0.1, -0.05) is 6.92 Å². The molecule has 21 heavy (non-hydrogen) atoms. The Morgan fingerprint density at radius 2 is 1.90 bits per heavy atom. The molecule has 1 aromatic rings. The van der Waals surface area contributed by atoms with Crippen LogP contribution in [0.5, 0.6) is 0 Å². The number of hydrogen-bond donors (Lipinski definition) is 1. The smallest absolute Gasteiger partial charge is 0.313 e. The van der Waals surface area contributed by atoms with Gasteiger partial charge < -0.3 is 5.32 Å². The highest BCUT2D eigenvalue weighted by atomic mass is 32.2. The maximum Gasteiger partial charge on any atom is 0.402 e. The first-order valence-corrected chi connectivity index (χ1v) is 7.54. The Labute approximate surface area is 120 Å². The predicted octanol–water partition coefficient (Wildman–Crippen LogP) is 2.12. The molecular weight excluding hydrogens is 312 g/mol. The maximum atomic E-state index is 13.5. The molecule has 0 aliphatic rings. The van der Waals surface area contributed by atoms with Gasteiger partial charge in [-0.15, -0.1) is 0 Å². The van der Waals surface area contributed by atoms with Crippen molar-refractivity contribution in [3.05, 3.63) is 29.6 Å². The molecule has 0 aliphatic carbocycles. The van der Waals surface area contributed by atoms with E-state index in [1.807, 2.05) is 0 Å². The quantitative estimate of drug-likeness (QED) is 0.814. The second-order valence-corrected chi connectivity index (χ2v) is 6.45. The first kappa shape index (κ1) is 17.9. The van der Waals surface area contributed by atoms with E-state index in [0.717, 1.165) is 25.2 Å². The van der Waals surface area contributed by atoms with Crippen LogP contribution in [0.3, 0.4) is 0 Å². The number of sulfonamides is 1. The zero-order valence-electron chi connectivity index (χ0n) is 11.5. The first-order chi connectivity index (χ1) is 9.58. The van der Waals surface area contributed by atoms with Gasteiger partial charge in [0.25, 0.3) is 0 Å². The van der Waals surface area contributed by atoms with E-state index >= 15 is 0 Å². The van der Waals surface area contributed by atoms with Gasteiger partial charge in [-0.05, 0) is 24.7 Å². The van der Waals surface area contributed by atoms with Crippen molar-refractivity contribution in [3.8, 4) is 0 Å². The van der Waals surface area contributed by atoms with E-state index < -0.39 is 28.6 Å². The first-order valence-electron chi connectivity index (χ1n) is 6.10. The fourth-order valence-corrected chi connectivity index (χ4v) is 2.83. The lowest BCUT2D eigenvalue weighted by Gasteiger charge is -2.19. The van der Waals surface area contributed by atoms with E-state index in [9.17, 15) is 26.0 Å². The van der Waals surface area contributed by atoms with Crippen LogP contribution in [0.15, 0.2) is 23.1 Å². The van der Waals surface area contributed by atoms with Crippen molar-refractivity contribution in [3.63, 3.8) is 0 Å². The second kappa shape index (κ2) is 6.71. The van der Waals surface area contributed by atoms with Crippen LogP contribution in [0.4, 0.5) is 17.6 Å². The number of alkyl halides is 3. The number of halogens is 4. The third kappa shape index (κ3) is 4.94. The maximum absolute atomic E-state index is 13.5. The summed E-state index contributed by atoms with van der Waals surface area (Å²) in [7, 11) is -3.49. The molecule has 0 aliphatic heterocycles. The van der Waals surface area contributed by atoms with E-state index in [0.29, 0.717) is 6.54 Å². The van der Waals surface area contributed by atoms with Gasteiger partial charge >= 0.3 is 6.18 Å². The average Bonchev–Trinajstić information content (AvgIpc) is 2.35. The highest BCUT2D eigenvalue weighted by Gasteiger charge is 2.34. The number of nitrogens with zero attached hydrogens (tertiary/aromatic N) is 1. The number of benzene rings is 1. The molecule has 0 aromatic heterocycles. The highest BCUT2D eigenvalue weighted by molar-refractivity contribution is 7.89. The standard InChI is InChI=1S/C12H16F4N2O2S/c1-3-17-7-9-6-10(4-5-11(9)13)21(19,20)18(2)8-12(14,15)16/h4-6,17H,3,7-8H2,1-2H3. The van der Waals surface area contributed by atoms with Crippen molar-refractivity contribution >= 4 is 10.0 Å². The van der Waals surface area contributed by atoms with Crippen molar-refractivity contribution in [1.29, 1.82) is 0 Å². The van der Waals surface area contributed by atoms with Crippen molar-refractivity contribution < 1.29 is 26.0 Å². The summed E-state index contributed by atoms with van der Waals surface area (Å²) in [6, 6.07) is 2.92. The highest BCUT2D eigenvalue weighted by Crippen LogP contribution is 2.22. The minimum Gasteiger partial charge on any atom is -0.313 e. The molecule has 0 bridgehead atoms. The fourth-order valence-electron chi connectivity index (χ4n) is 1.62. The largest absolute Gasteiger partial charge is 0.402 e. The van der Waals surface area contributed by atoms with Crippen LogP contribution in [0.1, 0.15) is 12.5 Å². The molecule has 1 N–H and O–H groups in total. The minimum absolute atomic E-state index is 0.0818. The molecular formula is C12H16F4N2O2S. The third-order valence-corrected chi connectivity index (χ3v) is 4.49. The van der Waals surface area contributed by atoms with E-state index in [1.165, 1.54) is 0 Å². The number of hydrogen-bond acceptors (Lipinski definition) is 3. The molecule has 120 valence electrons. The van der Waals surface area contributed by atoms with Gasteiger partial charge in [-0.25, -0.2) is 12.8 Å². The zero-order chi connectivity index (χ0) is 16.3. The summed E-state index contributed by atoms with van der Waals surface area (Å²) in [5, 5.41) is 2.82.